The molecule has 2 aliphatic heterocycles. The van der Waals surface area contributed by atoms with Crippen molar-refractivity contribution in [3.05, 3.63) is 39.9 Å². The number of aromatic nitrogens is 3. The summed E-state index contributed by atoms with van der Waals surface area (Å²) in [6.07, 6.45) is 5.87. The van der Waals surface area contributed by atoms with Crippen LogP contribution < -0.4 is 5.69 Å². The highest BCUT2D eigenvalue weighted by molar-refractivity contribution is 5.21. The number of aryl methyl sites for hydroxylation is 1. The molecule has 2 aliphatic rings. The van der Waals surface area contributed by atoms with Gasteiger partial charge in [-0.05, 0) is 46.5 Å². The second-order valence-corrected chi connectivity index (χ2v) is 8.49. The standard InChI is InChI=1S/C22H33F3N4O2/c1-4-5-17(15(2)24)14-31-21-10-19-6-7-20(11-21)28(19)12-18(25)13-29-22(30)27(9-8-23)16(3)26-29/h4-5,18-21H,6-14H2,1-3H3/b5-4-,17-15-. The van der Waals surface area contributed by atoms with Crippen molar-refractivity contribution in [2.24, 2.45) is 0 Å². The van der Waals surface area contributed by atoms with E-state index in [9.17, 15) is 18.0 Å². The number of allylic oxidation sites excluding steroid dienone is 2. The minimum absolute atomic E-state index is 0.0353. The lowest BCUT2D eigenvalue weighted by molar-refractivity contribution is -0.0186. The number of ether oxygens (including phenoxy) is 1. The monoisotopic (exact) mass is 442 g/mol. The molecule has 3 heterocycles. The van der Waals surface area contributed by atoms with E-state index in [4.69, 9.17) is 4.74 Å². The van der Waals surface area contributed by atoms with Gasteiger partial charge in [-0.25, -0.2) is 22.6 Å². The Morgan fingerprint density at radius 2 is 1.97 bits per heavy atom. The summed E-state index contributed by atoms with van der Waals surface area (Å²) in [5.74, 6) is 0.154. The maximum atomic E-state index is 14.9. The third-order valence-corrected chi connectivity index (χ3v) is 6.32. The maximum Gasteiger partial charge on any atom is 0.346 e. The number of hydrogen-bond acceptors (Lipinski definition) is 4. The van der Waals surface area contributed by atoms with Gasteiger partial charge in [0.1, 0.15) is 24.5 Å². The summed E-state index contributed by atoms with van der Waals surface area (Å²) in [5.41, 5.74) is 0.0788. The summed E-state index contributed by atoms with van der Waals surface area (Å²) in [6.45, 7) is 4.50. The molecule has 0 aliphatic carbocycles. The lowest BCUT2D eigenvalue weighted by atomic mass is 9.99. The van der Waals surface area contributed by atoms with Crippen LogP contribution in [0.3, 0.4) is 0 Å². The van der Waals surface area contributed by atoms with Gasteiger partial charge in [0.25, 0.3) is 0 Å². The molecule has 3 unspecified atom stereocenters. The highest BCUT2D eigenvalue weighted by atomic mass is 19.1. The average molecular weight is 443 g/mol. The van der Waals surface area contributed by atoms with Gasteiger partial charge in [0.05, 0.1) is 25.8 Å². The van der Waals surface area contributed by atoms with Crippen LogP contribution in [-0.4, -0.2) is 63.4 Å². The lowest BCUT2D eigenvalue weighted by Gasteiger charge is -2.39. The molecule has 2 fully saturated rings. The highest BCUT2D eigenvalue weighted by Gasteiger charge is 2.42. The number of hydrogen-bond donors (Lipinski definition) is 0. The van der Waals surface area contributed by atoms with Gasteiger partial charge in [-0.3, -0.25) is 9.47 Å². The van der Waals surface area contributed by atoms with Crippen molar-refractivity contribution >= 4 is 0 Å². The zero-order chi connectivity index (χ0) is 22.5. The van der Waals surface area contributed by atoms with E-state index in [1.165, 1.54) is 11.5 Å². The molecule has 3 rings (SSSR count). The van der Waals surface area contributed by atoms with Gasteiger partial charge in [-0.15, -0.1) is 0 Å². The quantitative estimate of drug-likeness (QED) is 0.521. The molecule has 2 saturated heterocycles. The maximum absolute atomic E-state index is 14.9. The first-order valence-electron chi connectivity index (χ1n) is 11.0. The smallest absolute Gasteiger partial charge is 0.346 e. The summed E-state index contributed by atoms with van der Waals surface area (Å²) >= 11 is 0. The Labute approximate surface area is 181 Å². The van der Waals surface area contributed by atoms with Crippen LogP contribution in [0.5, 0.6) is 0 Å². The minimum atomic E-state index is -1.25. The minimum Gasteiger partial charge on any atom is -0.373 e. The Hall–Kier alpha value is -1.87. The molecule has 0 saturated carbocycles. The molecule has 1 aromatic rings. The Bertz CT molecular complexity index is 845. The van der Waals surface area contributed by atoms with E-state index in [0.29, 0.717) is 11.4 Å². The third kappa shape index (κ3) is 5.68. The normalized spacial score (nSPS) is 25.9. The van der Waals surface area contributed by atoms with E-state index in [1.807, 2.05) is 6.92 Å². The van der Waals surface area contributed by atoms with Gasteiger partial charge in [0.2, 0.25) is 0 Å². The topological polar surface area (TPSA) is 52.3 Å². The molecule has 2 bridgehead atoms. The molecular weight excluding hydrogens is 409 g/mol. The molecule has 0 aromatic carbocycles. The Morgan fingerprint density at radius 1 is 1.29 bits per heavy atom. The molecule has 31 heavy (non-hydrogen) atoms. The lowest BCUT2D eigenvalue weighted by Crippen LogP contribution is -2.48. The van der Waals surface area contributed by atoms with Crippen LogP contribution in [0, 0.1) is 6.92 Å². The van der Waals surface area contributed by atoms with E-state index in [2.05, 4.69) is 10.00 Å². The van der Waals surface area contributed by atoms with E-state index in [-0.39, 0.29) is 50.3 Å². The zero-order valence-electron chi connectivity index (χ0n) is 18.6. The Morgan fingerprint density at radius 3 is 2.55 bits per heavy atom. The third-order valence-electron chi connectivity index (χ3n) is 6.32. The predicted octanol–water partition coefficient (Wildman–Crippen LogP) is 3.49. The average Bonchev–Trinajstić information content (AvgIpc) is 3.10. The van der Waals surface area contributed by atoms with Gasteiger partial charge < -0.3 is 4.74 Å². The Balaban J connectivity index is 1.55. The molecule has 3 atom stereocenters. The van der Waals surface area contributed by atoms with Crippen LogP contribution >= 0.6 is 0 Å². The number of nitrogens with zero attached hydrogens (tertiary/aromatic N) is 4. The summed E-state index contributed by atoms with van der Waals surface area (Å²) < 4.78 is 49.4. The first-order valence-corrected chi connectivity index (χ1v) is 11.0. The number of alkyl halides is 2. The van der Waals surface area contributed by atoms with Gasteiger partial charge in [-0.2, -0.15) is 5.10 Å². The molecule has 0 spiro atoms. The van der Waals surface area contributed by atoms with Crippen LogP contribution in [0.1, 0.15) is 45.4 Å². The number of fused-ring (bicyclic) bond motifs is 2. The van der Waals surface area contributed by atoms with Crippen molar-refractivity contribution in [1.82, 2.24) is 19.2 Å². The predicted molar refractivity (Wildman–Crippen MR) is 113 cm³/mol. The summed E-state index contributed by atoms with van der Waals surface area (Å²) in [5, 5.41) is 4.08. The van der Waals surface area contributed by atoms with Crippen LogP contribution in [-0.2, 0) is 17.8 Å². The Kier molecular flexibility index (Phi) is 8.16. The number of halogens is 3. The molecule has 0 radical (unpaired) electrons. The van der Waals surface area contributed by atoms with Gasteiger partial charge in [0.15, 0.2) is 0 Å². The first kappa shape index (κ1) is 23.8. The fraction of sp³-hybridized carbons (Fsp3) is 0.727. The van der Waals surface area contributed by atoms with Crippen LogP contribution in [0.2, 0.25) is 0 Å². The van der Waals surface area contributed by atoms with Crippen LogP contribution in [0.25, 0.3) is 0 Å². The SMILES string of the molecule is C/C=C\C(COC1CC2CCC(C1)N2CC(F)Cn1nc(C)n(CCF)c1=O)=C(/C)F. The van der Waals surface area contributed by atoms with Gasteiger partial charge in [-0.1, -0.05) is 12.2 Å². The fourth-order valence-corrected chi connectivity index (χ4v) is 4.81. The van der Waals surface area contributed by atoms with Crippen molar-refractivity contribution in [2.75, 3.05) is 19.8 Å². The van der Waals surface area contributed by atoms with Crippen molar-refractivity contribution in [1.29, 1.82) is 0 Å². The highest BCUT2D eigenvalue weighted by Crippen LogP contribution is 2.37. The molecule has 0 amide bonds. The number of piperidine rings is 1. The fourth-order valence-electron chi connectivity index (χ4n) is 4.81. The molecule has 0 N–H and O–H groups in total. The van der Waals surface area contributed by atoms with Gasteiger partial charge >= 0.3 is 5.69 Å². The first-order chi connectivity index (χ1) is 14.8. The van der Waals surface area contributed by atoms with Crippen molar-refractivity contribution in [3.63, 3.8) is 0 Å². The van der Waals surface area contributed by atoms with E-state index >= 15 is 0 Å². The zero-order valence-corrected chi connectivity index (χ0v) is 18.6. The van der Waals surface area contributed by atoms with Crippen molar-refractivity contribution in [2.45, 2.75) is 83.9 Å². The number of rotatable bonds is 10. The summed E-state index contributed by atoms with van der Waals surface area (Å²) in [6, 6.07) is 0.454. The molecule has 6 nitrogen and oxygen atoms in total. The van der Waals surface area contributed by atoms with Crippen molar-refractivity contribution < 1.29 is 17.9 Å². The second kappa shape index (κ2) is 10.6. The molecule has 174 valence electrons. The molecule has 9 heteroatoms. The van der Waals surface area contributed by atoms with Crippen LogP contribution in [0.4, 0.5) is 13.2 Å². The largest absolute Gasteiger partial charge is 0.373 e. The van der Waals surface area contributed by atoms with E-state index < -0.39 is 18.5 Å². The van der Waals surface area contributed by atoms with E-state index in [0.717, 1.165) is 30.4 Å². The van der Waals surface area contributed by atoms with Crippen molar-refractivity contribution in [3.8, 4) is 0 Å². The molecular formula is C22H33F3N4O2. The van der Waals surface area contributed by atoms with E-state index in [1.54, 1.807) is 19.1 Å². The second-order valence-electron chi connectivity index (χ2n) is 8.49. The molecule has 1 aromatic heterocycles. The van der Waals surface area contributed by atoms with Crippen LogP contribution in [0.15, 0.2) is 28.3 Å². The summed E-state index contributed by atoms with van der Waals surface area (Å²) in [4.78, 5) is 14.5. The van der Waals surface area contributed by atoms with Gasteiger partial charge in [0, 0.05) is 24.2 Å². The summed E-state index contributed by atoms with van der Waals surface area (Å²) in [7, 11) is 0.